The van der Waals surface area contributed by atoms with Crippen LogP contribution in [-0.2, 0) is 30.4 Å². The Balaban J connectivity index is 1.55. The normalized spacial score (nSPS) is 13.3. The van der Waals surface area contributed by atoms with Crippen molar-refractivity contribution in [3.8, 4) is 11.8 Å². The van der Waals surface area contributed by atoms with Gasteiger partial charge in [0.1, 0.15) is 11.7 Å². The highest BCUT2D eigenvalue weighted by molar-refractivity contribution is 6.01. The summed E-state index contributed by atoms with van der Waals surface area (Å²) in [5.74, 6) is 4.36. The lowest BCUT2D eigenvalue weighted by Crippen LogP contribution is -2.42. The quantitative estimate of drug-likeness (QED) is 0.273. The van der Waals surface area contributed by atoms with Gasteiger partial charge in [0.15, 0.2) is 0 Å². The second-order valence-electron chi connectivity index (χ2n) is 10.7. The van der Waals surface area contributed by atoms with Crippen LogP contribution in [0.1, 0.15) is 74.5 Å². The first-order valence-corrected chi connectivity index (χ1v) is 13.6. The van der Waals surface area contributed by atoms with Gasteiger partial charge in [-0.3, -0.25) is 29.5 Å². The molecule has 0 spiro atoms. The van der Waals surface area contributed by atoms with Crippen molar-refractivity contribution in [1.82, 2.24) is 19.9 Å². The molecule has 1 aliphatic rings. The molecule has 0 fully saturated rings. The lowest BCUT2D eigenvalue weighted by Gasteiger charge is -2.25. The summed E-state index contributed by atoms with van der Waals surface area (Å²) in [5.41, 5.74) is 1.26. The standard InChI is InChI=1S/C30H33N5O7/c1-6-41-22(36)13-12-21(27(39)42-7-2)35-16-19-14-17(9-11-20(19)26(35)38)8-10-18-15-31-24-23(18)25(37)33-29(32-24)34-28(40)30(3,4)5/h9,11,14-15,21H,6-7,12-13,16H2,1-5H3,(H3,31,32,33,34,37,40)/t21-/m0/s1. The van der Waals surface area contributed by atoms with Gasteiger partial charge < -0.3 is 19.4 Å². The molecule has 42 heavy (non-hydrogen) atoms. The number of hydrogen-bond donors (Lipinski definition) is 3. The van der Waals surface area contributed by atoms with Crippen LogP contribution in [0.4, 0.5) is 5.95 Å². The molecule has 0 saturated carbocycles. The highest BCUT2D eigenvalue weighted by atomic mass is 16.5. The van der Waals surface area contributed by atoms with Crippen LogP contribution >= 0.6 is 0 Å². The molecule has 12 heteroatoms. The number of carbonyl (C=O) groups is 4. The van der Waals surface area contributed by atoms with E-state index in [0.29, 0.717) is 22.3 Å². The van der Waals surface area contributed by atoms with Crippen LogP contribution < -0.4 is 10.9 Å². The molecule has 3 N–H and O–H groups in total. The van der Waals surface area contributed by atoms with Crippen molar-refractivity contribution in [3.63, 3.8) is 0 Å². The molecule has 2 aromatic heterocycles. The average Bonchev–Trinajstić information content (AvgIpc) is 3.48. The Morgan fingerprint density at radius 1 is 1.12 bits per heavy atom. The molecule has 1 atom stereocenters. The predicted molar refractivity (Wildman–Crippen MR) is 153 cm³/mol. The molecule has 12 nitrogen and oxygen atoms in total. The van der Waals surface area contributed by atoms with E-state index >= 15 is 0 Å². The maximum atomic E-state index is 13.2. The van der Waals surface area contributed by atoms with E-state index in [0.717, 1.165) is 0 Å². The second-order valence-corrected chi connectivity index (χ2v) is 10.7. The summed E-state index contributed by atoms with van der Waals surface area (Å²) in [7, 11) is 0. The molecule has 1 aromatic carbocycles. The van der Waals surface area contributed by atoms with Gasteiger partial charge >= 0.3 is 11.9 Å². The Morgan fingerprint density at radius 2 is 1.86 bits per heavy atom. The number of amides is 2. The topological polar surface area (TPSA) is 164 Å². The van der Waals surface area contributed by atoms with Gasteiger partial charge in [0, 0.05) is 35.7 Å². The van der Waals surface area contributed by atoms with Gasteiger partial charge in [-0.2, -0.15) is 4.98 Å². The van der Waals surface area contributed by atoms with Crippen molar-refractivity contribution in [2.75, 3.05) is 18.5 Å². The van der Waals surface area contributed by atoms with Crippen LogP contribution in [0.2, 0.25) is 0 Å². The van der Waals surface area contributed by atoms with Gasteiger partial charge in [-0.25, -0.2) is 4.79 Å². The fourth-order valence-corrected chi connectivity index (χ4v) is 4.43. The smallest absolute Gasteiger partial charge is 0.328 e. The fourth-order valence-electron chi connectivity index (χ4n) is 4.43. The summed E-state index contributed by atoms with van der Waals surface area (Å²) in [6.07, 6.45) is 1.60. The van der Waals surface area contributed by atoms with Gasteiger partial charge in [-0.1, -0.05) is 32.6 Å². The molecule has 3 aromatic rings. The number of aromatic amines is 2. The number of anilines is 1. The van der Waals surface area contributed by atoms with Gasteiger partial charge in [0.2, 0.25) is 11.9 Å². The van der Waals surface area contributed by atoms with Crippen molar-refractivity contribution in [2.45, 2.75) is 60.0 Å². The highest BCUT2D eigenvalue weighted by Gasteiger charge is 2.37. The van der Waals surface area contributed by atoms with Crippen LogP contribution in [0.25, 0.3) is 11.0 Å². The van der Waals surface area contributed by atoms with E-state index in [1.54, 1.807) is 59.0 Å². The zero-order valence-electron chi connectivity index (χ0n) is 24.2. The number of aromatic nitrogens is 3. The predicted octanol–water partition coefficient (Wildman–Crippen LogP) is 2.87. The van der Waals surface area contributed by atoms with Crippen LogP contribution in [-0.4, -0.2) is 62.9 Å². The molecule has 1 aliphatic heterocycles. The Hall–Kier alpha value is -4.92. The molecule has 4 rings (SSSR count). The summed E-state index contributed by atoms with van der Waals surface area (Å²) in [4.78, 5) is 74.1. The van der Waals surface area contributed by atoms with Crippen LogP contribution in [0, 0.1) is 17.3 Å². The SMILES string of the molecule is CCOC(=O)CC[C@@H](C(=O)OCC)N1Cc2cc(C#Cc3c[nH]c4nc(NC(=O)C(C)(C)C)[nH]c(=O)c34)ccc2C1=O. The number of esters is 2. The molecule has 3 heterocycles. The van der Waals surface area contributed by atoms with Gasteiger partial charge in [0.25, 0.3) is 11.5 Å². The molecular formula is C30H33N5O7. The van der Waals surface area contributed by atoms with E-state index < -0.39 is 29.0 Å². The minimum absolute atomic E-state index is 0.0305. The van der Waals surface area contributed by atoms with E-state index in [1.165, 1.54) is 4.90 Å². The van der Waals surface area contributed by atoms with Crippen LogP contribution in [0.3, 0.4) is 0 Å². The van der Waals surface area contributed by atoms with E-state index in [4.69, 9.17) is 9.47 Å². The molecule has 220 valence electrons. The maximum absolute atomic E-state index is 13.2. The number of nitrogens with zero attached hydrogens (tertiary/aromatic N) is 2. The zero-order chi connectivity index (χ0) is 30.6. The van der Waals surface area contributed by atoms with Crippen molar-refractivity contribution in [1.29, 1.82) is 0 Å². The van der Waals surface area contributed by atoms with Crippen molar-refractivity contribution in [3.05, 3.63) is 57.0 Å². The lowest BCUT2D eigenvalue weighted by atomic mass is 9.96. The molecule has 0 aliphatic carbocycles. The zero-order valence-corrected chi connectivity index (χ0v) is 24.2. The fraction of sp³-hybridized carbons (Fsp3) is 0.400. The minimum atomic E-state index is -0.938. The lowest BCUT2D eigenvalue weighted by molar-refractivity contribution is -0.150. The second kappa shape index (κ2) is 12.3. The first kappa shape index (κ1) is 30.0. The Kier molecular flexibility index (Phi) is 8.80. The van der Waals surface area contributed by atoms with E-state index in [-0.39, 0.29) is 61.4 Å². The van der Waals surface area contributed by atoms with Crippen molar-refractivity contribution >= 4 is 40.7 Å². The number of benzene rings is 1. The molecule has 2 amide bonds. The third kappa shape index (κ3) is 6.52. The summed E-state index contributed by atoms with van der Waals surface area (Å²) < 4.78 is 10.2. The third-order valence-electron chi connectivity index (χ3n) is 6.60. The number of carbonyl (C=O) groups excluding carboxylic acids is 4. The third-order valence-corrected chi connectivity index (χ3v) is 6.60. The maximum Gasteiger partial charge on any atom is 0.328 e. The first-order chi connectivity index (χ1) is 19.9. The number of ether oxygens (including phenoxy) is 2. The molecule has 0 radical (unpaired) electrons. The number of rotatable bonds is 8. The molecule has 0 bridgehead atoms. The Morgan fingerprint density at radius 3 is 2.55 bits per heavy atom. The minimum Gasteiger partial charge on any atom is -0.466 e. The largest absolute Gasteiger partial charge is 0.466 e. The van der Waals surface area contributed by atoms with Gasteiger partial charge in [0.05, 0.1) is 24.2 Å². The summed E-state index contributed by atoms with van der Waals surface area (Å²) in [6, 6.07) is 4.14. The molecular weight excluding hydrogens is 542 g/mol. The van der Waals surface area contributed by atoms with Crippen LogP contribution in [0.5, 0.6) is 0 Å². The first-order valence-electron chi connectivity index (χ1n) is 13.6. The summed E-state index contributed by atoms with van der Waals surface area (Å²) in [6.45, 7) is 9.13. The van der Waals surface area contributed by atoms with Gasteiger partial charge in [-0.15, -0.1) is 0 Å². The van der Waals surface area contributed by atoms with E-state index in [9.17, 15) is 24.0 Å². The number of fused-ring (bicyclic) bond motifs is 2. The van der Waals surface area contributed by atoms with Crippen molar-refractivity contribution < 1.29 is 28.7 Å². The average molecular weight is 576 g/mol. The summed E-state index contributed by atoms with van der Waals surface area (Å²) in [5, 5.41) is 2.86. The van der Waals surface area contributed by atoms with E-state index in [1.807, 2.05) is 0 Å². The Bertz CT molecular complexity index is 1670. The number of H-pyrrole nitrogens is 2. The molecule has 0 unspecified atom stereocenters. The van der Waals surface area contributed by atoms with Gasteiger partial charge in [-0.05, 0) is 44.0 Å². The van der Waals surface area contributed by atoms with Crippen LogP contribution in [0.15, 0.2) is 29.2 Å². The Labute approximate surface area is 242 Å². The van der Waals surface area contributed by atoms with Crippen molar-refractivity contribution in [2.24, 2.45) is 5.41 Å². The highest BCUT2D eigenvalue weighted by Crippen LogP contribution is 2.28. The monoisotopic (exact) mass is 575 g/mol. The van der Waals surface area contributed by atoms with E-state index in [2.05, 4.69) is 32.1 Å². The summed E-state index contributed by atoms with van der Waals surface area (Å²) >= 11 is 0. The number of nitrogens with one attached hydrogen (secondary N) is 3. The molecule has 0 saturated heterocycles. The number of hydrogen-bond acceptors (Lipinski definition) is 8.